The number of halogens is 1. The smallest absolute Gasteiger partial charge is 0.252 e. The minimum Gasteiger partial charge on any atom is -0.491 e. The van der Waals surface area contributed by atoms with Gasteiger partial charge in [-0.25, -0.2) is 0 Å². The predicted octanol–water partition coefficient (Wildman–Crippen LogP) is 8.24. The van der Waals surface area contributed by atoms with Crippen molar-refractivity contribution in [2.75, 3.05) is 6.61 Å². The Morgan fingerprint density at radius 1 is 1.05 bits per heavy atom. The molecule has 40 heavy (non-hydrogen) atoms. The fraction of sp³-hybridized carbons (Fsp3) is 0.353. The predicted molar refractivity (Wildman–Crippen MR) is 162 cm³/mol. The minimum absolute atomic E-state index is 0.0939. The maximum Gasteiger partial charge on any atom is 0.252 e. The van der Waals surface area contributed by atoms with Gasteiger partial charge in [0.25, 0.3) is 5.91 Å². The van der Waals surface area contributed by atoms with Crippen molar-refractivity contribution in [3.05, 3.63) is 82.4 Å². The van der Waals surface area contributed by atoms with Crippen molar-refractivity contribution in [1.82, 2.24) is 9.88 Å². The lowest BCUT2D eigenvalue weighted by atomic mass is 9.81. The van der Waals surface area contributed by atoms with Gasteiger partial charge in [-0.15, -0.1) is 0 Å². The monoisotopic (exact) mass is 551 g/mol. The lowest BCUT2D eigenvalue weighted by Crippen LogP contribution is -2.49. The van der Waals surface area contributed by atoms with Crippen LogP contribution in [0.4, 0.5) is 5.69 Å². The van der Waals surface area contributed by atoms with E-state index >= 15 is 0 Å². The molecule has 3 aliphatic rings. The van der Waals surface area contributed by atoms with Crippen molar-refractivity contribution in [1.29, 1.82) is 0 Å². The molecule has 1 aliphatic carbocycles. The molecular weight excluding hydrogens is 518 g/mol. The maximum atomic E-state index is 13.7. The molecule has 1 saturated carbocycles. The fourth-order valence-corrected chi connectivity index (χ4v) is 6.99. The maximum absolute atomic E-state index is 13.7. The number of aromatic nitrogens is 1. The summed E-state index contributed by atoms with van der Waals surface area (Å²) in [5.41, 5.74) is 7.98. The van der Waals surface area contributed by atoms with E-state index < -0.39 is 5.54 Å². The zero-order chi connectivity index (χ0) is 27.4. The molecule has 1 amide bonds. The summed E-state index contributed by atoms with van der Waals surface area (Å²) in [6, 6.07) is 20.4. The van der Waals surface area contributed by atoms with E-state index in [2.05, 4.69) is 40.2 Å². The van der Waals surface area contributed by atoms with Crippen LogP contribution in [0.15, 0.2) is 65.7 Å². The second kappa shape index (κ2) is 9.81. The van der Waals surface area contributed by atoms with Crippen molar-refractivity contribution >= 4 is 39.8 Å². The number of rotatable bonds is 4. The van der Waals surface area contributed by atoms with Gasteiger partial charge in [0.05, 0.1) is 23.5 Å². The summed E-state index contributed by atoms with van der Waals surface area (Å²) >= 11 is 6.19. The van der Waals surface area contributed by atoms with Crippen LogP contribution in [-0.4, -0.2) is 28.3 Å². The number of nitrogens with zero attached hydrogens (tertiary/aromatic N) is 2. The van der Waals surface area contributed by atoms with Gasteiger partial charge < -0.3 is 14.6 Å². The summed E-state index contributed by atoms with van der Waals surface area (Å²) in [6.07, 6.45) is 6.97. The van der Waals surface area contributed by atoms with E-state index in [1.54, 1.807) is 0 Å². The molecule has 3 heterocycles. The van der Waals surface area contributed by atoms with E-state index in [-0.39, 0.29) is 5.91 Å². The van der Waals surface area contributed by atoms with Gasteiger partial charge in [-0.05, 0) is 80.1 Å². The van der Waals surface area contributed by atoms with Crippen molar-refractivity contribution in [2.24, 2.45) is 4.99 Å². The number of ether oxygens (including phenoxy) is 1. The van der Waals surface area contributed by atoms with Crippen LogP contribution >= 0.6 is 11.6 Å². The largest absolute Gasteiger partial charge is 0.491 e. The van der Waals surface area contributed by atoms with Gasteiger partial charge in [0, 0.05) is 39.2 Å². The van der Waals surface area contributed by atoms with Crippen LogP contribution < -0.4 is 10.1 Å². The van der Waals surface area contributed by atoms with Crippen LogP contribution in [0.25, 0.3) is 22.2 Å². The van der Waals surface area contributed by atoms with Gasteiger partial charge in [0.15, 0.2) is 0 Å². The third-order valence-electron chi connectivity index (χ3n) is 8.90. The molecule has 0 saturated heterocycles. The van der Waals surface area contributed by atoms with Crippen LogP contribution in [0, 0.1) is 0 Å². The molecule has 5 nitrogen and oxygen atoms in total. The first-order valence-corrected chi connectivity index (χ1v) is 14.8. The molecule has 6 heteroatoms. The highest BCUT2D eigenvalue weighted by molar-refractivity contribution is 6.31. The quantitative estimate of drug-likeness (QED) is 0.277. The molecule has 0 atom stereocenters. The second-order valence-corrected chi connectivity index (χ2v) is 12.3. The van der Waals surface area contributed by atoms with E-state index in [4.69, 9.17) is 21.3 Å². The molecule has 4 aromatic rings. The average molecular weight is 552 g/mol. The summed E-state index contributed by atoms with van der Waals surface area (Å²) in [6.45, 7) is 5.40. The standard InChI is InChI=1S/C34H34ClN3O2/c1-34(2,30-19-22-12-14-24(35)20-27(22)36-30)37-33(39)23-13-15-25-28(18-23)38-16-17-40-29-11-7-6-10-26(29)32(38)31(25)21-8-4-3-5-9-21/h6-7,10-15,18,20-21H,3-5,8-9,16-17,19H2,1-2H3,(H,37,39). The first-order chi connectivity index (χ1) is 19.4. The number of aliphatic imine (C=N–C) groups is 1. The summed E-state index contributed by atoms with van der Waals surface area (Å²) in [7, 11) is 0. The molecule has 2 aliphatic heterocycles. The van der Waals surface area contributed by atoms with Gasteiger partial charge >= 0.3 is 0 Å². The Labute approximate surface area is 240 Å². The third kappa shape index (κ3) is 4.32. The van der Waals surface area contributed by atoms with Gasteiger partial charge in [-0.2, -0.15) is 0 Å². The zero-order valence-electron chi connectivity index (χ0n) is 23.1. The highest BCUT2D eigenvalue weighted by Crippen LogP contribution is 2.47. The van der Waals surface area contributed by atoms with Crippen LogP contribution in [0.1, 0.15) is 73.4 Å². The summed E-state index contributed by atoms with van der Waals surface area (Å²) in [5.74, 6) is 1.37. The molecule has 0 bridgehead atoms. The van der Waals surface area contributed by atoms with E-state index in [9.17, 15) is 4.79 Å². The molecule has 1 aromatic heterocycles. The first kappa shape index (κ1) is 25.4. The van der Waals surface area contributed by atoms with Crippen molar-refractivity contribution < 1.29 is 9.53 Å². The van der Waals surface area contributed by atoms with Crippen molar-refractivity contribution in [3.63, 3.8) is 0 Å². The number of amides is 1. The Morgan fingerprint density at radius 3 is 2.73 bits per heavy atom. The van der Waals surface area contributed by atoms with E-state index in [0.29, 0.717) is 29.5 Å². The Morgan fingerprint density at radius 2 is 1.88 bits per heavy atom. The lowest BCUT2D eigenvalue weighted by Gasteiger charge is -2.26. The SMILES string of the molecule is CC(C)(NC(=O)c1ccc2c(C3CCCCC3)c3n(c2c1)CCOc1ccccc1-3)C1=Nc2cc(Cl)ccc2C1. The number of carbonyl (C=O) groups excluding carboxylic acids is 1. The average Bonchev–Trinajstić information content (AvgIpc) is 3.47. The zero-order valence-corrected chi connectivity index (χ0v) is 23.9. The van der Waals surface area contributed by atoms with E-state index in [1.165, 1.54) is 48.7 Å². The van der Waals surface area contributed by atoms with Crippen molar-refractivity contribution in [3.8, 4) is 17.0 Å². The van der Waals surface area contributed by atoms with Gasteiger partial charge in [0.1, 0.15) is 12.4 Å². The number of hydrogen-bond acceptors (Lipinski definition) is 3. The molecule has 7 rings (SSSR count). The van der Waals surface area contributed by atoms with Crippen LogP contribution in [0.2, 0.25) is 5.02 Å². The van der Waals surface area contributed by atoms with Crippen LogP contribution in [0.3, 0.4) is 0 Å². The second-order valence-electron chi connectivity index (χ2n) is 11.9. The lowest BCUT2D eigenvalue weighted by molar-refractivity contribution is 0.0931. The molecular formula is C34H34ClN3O2. The topological polar surface area (TPSA) is 55.6 Å². The Bertz CT molecular complexity index is 1680. The summed E-state index contributed by atoms with van der Waals surface area (Å²) in [4.78, 5) is 18.5. The Balaban J connectivity index is 1.27. The number of nitrogens with one attached hydrogen (secondary N) is 1. The number of hydrogen-bond donors (Lipinski definition) is 1. The molecule has 0 spiro atoms. The van der Waals surface area contributed by atoms with Gasteiger partial charge in [-0.1, -0.05) is 55.1 Å². The fourth-order valence-electron chi connectivity index (χ4n) is 6.82. The third-order valence-corrected chi connectivity index (χ3v) is 9.14. The molecule has 0 unspecified atom stereocenters. The molecule has 1 N–H and O–H groups in total. The molecule has 1 fully saturated rings. The first-order valence-electron chi connectivity index (χ1n) is 14.5. The van der Waals surface area contributed by atoms with Gasteiger partial charge in [-0.3, -0.25) is 9.79 Å². The number of carbonyl (C=O) groups is 1. The minimum atomic E-state index is -0.604. The highest BCUT2D eigenvalue weighted by atomic mass is 35.5. The molecule has 3 aromatic carbocycles. The molecule has 0 radical (unpaired) electrons. The number of para-hydroxylation sites is 1. The van der Waals surface area contributed by atoms with E-state index in [1.807, 2.05) is 44.2 Å². The van der Waals surface area contributed by atoms with Gasteiger partial charge in [0.2, 0.25) is 0 Å². The summed E-state index contributed by atoms with van der Waals surface area (Å²) in [5, 5.41) is 5.21. The Hall–Kier alpha value is -3.57. The highest BCUT2D eigenvalue weighted by Gasteiger charge is 2.33. The van der Waals surface area contributed by atoms with Crippen LogP contribution in [-0.2, 0) is 13.0 Å². The number of benzene rings is 3. The van der Waals surface area contributed by atoms with Crippen LogP contribution in [0.5, 0.6) is 5.75 Å². The Kier molecular flexibility index (Phi) is 6.23. The van der Waals surface area contributed by atoms with E-state index in [0.717, 1.165) is 40.3 Å². The summed E-state index contributed by atoms with van der Waals surface area (Å²) < 4.78 is 8.59. The number of fused-ring (bicyclic) bond motifs is 6. The molecule has 204 valence electrons. The van der Waals surface area contributed by atoms with Crippen molar-refractivity contribution in [2.45, 2.75) is 70.4 Å². The normalized spacial score (nSPS) is 16.9.